The van der Waals surface area contributed by atoms with Gasteiger partial charge in [-0.2, -0.15) is 5.10 Å². The molecular formula is C18H30N4O3. The Morgan fingerprint density at radius 2 is 2.04 bits per heavy atom. The fourth-order valence-electron chi connectivity index (χ4n) is 3.87. The minimum Gasteiger partial charge on any atom is -0.381 e. The van der Waals surface area contributed by atoms with Gasteiger partial charge in [0.2, 0.25) is 5.91 Å². The number of rotatable bonds is 6. The molecule has 7 heteroatoms. The highest BCUT2D eigenvalue weighted by molar-refractivity contribution is 5.79. The van der Waals surface area contributed by atoms with Crippen LogP contribution in [0.4, 0.5) is 0 Å². The average Bonchev–Trinajstić information content (AvgIpc) is 3.21. The quantitative estimate of drug-likeness (QED) is 0.806. The van der Waals surface area contributed by atoms with Crippen molar-refractivity contribution in [2.45, 2.75) is 32.7 Å². The number of hydrogen-bond acceptors (Lipinski definition) is 5. The van der Waals surface area contributed by atoms with Crippen LogP contribution in [0.3, 0.4) is 0 Å². The van der Waals surface area contributed by atoms with Gasteiger partial charge in [0.1, 0.15) is 0 Å². The van der Waals surface area contributed by atoms with Gasteiger partial charge >= 0.3 is 0 Å². The summed E-state index contributed by atoms with van der Waals surface area (Å²) < 4.78 is 12.9. The van der Waals surface area contributed by atoms with Crippen LogP contribution in [0.2, 0.25) is 0 Å². The van der Waals surface area contributed by atoms with E-state index in [1.165, 1.54) is 0 Å². The maximum Gasteiger partial charge on any atom is 0.224 e. The molecule has 25 heavy (non-hydrogen) atoms. The highest BCUT2D eigenvalue weighted by Crippen LogP contribution is 2.22. The minimum absolute atomic E-state index is 0.0661. The number of nitrogens with zero attached hydrogens (tertiary/aromatic N) is 3. The third-order valence-electron chi connectivity index (χ3n) is 5.53. The number of ether oxygens (including phenoxy) is 2. The van der Waals surface area contributed by atoms with E-state index >= 15 is 0 Å². The lowest BCUT2D eigenvalue weighted by Gasteiger charge is -2.37. The van der Waals surface area contributed by atoms with E-state index in [0.717, 1.165) is 62.9 Å². The molecule has 2 fully saturated rings. The molecule has 140 valence electrons. The number of morpholine rings is 1. The van der Waals surface area contributed by atoms with Crippen LogP contribution in [-0.2, 0) is 27.7 Å². The van der Waals surface area contributed by atoms with Crippen molar-refractivity contribution in [2.75, 3.05) is 46.1 Å². The molecule has 0 radical (unpaired) electrons. The van der Waals surface area contributed by atoms with Gasteiger partial charge in [0, 0.05) is 56.5 Å². The topological polar surface area (TPSA) is 68.6 Å². The summed E-state index contributed by atoms with van der Waals surface area (Å²) in [5, 5.41) is 7.55. The second kappa shape index (κ2) is 8.29. The SMILES string of the molecule is Cc1nn(C)c(C)c1CC(=O)NC[C@H]([C@@H]1CCOC1)N1CCOCC1. The number of aryl methyl sites for hydroxylation is 2. The molecule has 0 bridgehead atoms. The Hall–Kier alpha value is -1.44. The van der Waals surface area contributed by atoms with E-state index in [2.05, 4.69) is 15.3 Å². The first-order chi connectivity index (χ1) is 12.1. The third-order valence-corrected chi connectivity index (χ3v) is 5.53. The van der Waals surface area contributed by atoms with E-state index in [1.807, 2.05) is 25.6 Å². The van der Waals surface area contributed by atoms with Gasteiger partial charge in [0.15, 0.2) is 0 Å². The van der Waals surface area contributed by atoms with E-state index < -0.39 is 0 Å². The minimum atomic E-state index is 0.0661. The van der Waals surface area contributed by atoms with Crippen molar-refractivity contribution >= 4 is 5.91 Å². The van der Waals surface area contributed by atoms with Crippen molar-refractivity contribution in [2.24, 2.45) is 13.0 Å². The predicted octanol–water partition coefficient (Wildman–Crippen LogP) is 0.433. The first-order valence-electron chi connectivity index (χ1n) is 9.21. The lowest BCUT2D eigenvalue weighted by atomic mass is 9.96. The molecule has 2 aliphatic heterocycles. The van der Waals surface area contributed by atoms with E-state index in [9.17, 15) is 4.79 Å². The standard InChI is InChI=1S/C18H30N4O3/c1-13-16(14(2)21(3)20-13)10-18(23)19-11-17(15-4-7-25-12-15)22-5-8-24-9-6-22/h15,17H,4-12H2,1-3H3,(H,19,23)/t15-,17-/m1/s1. The Kier molecular flexibility index (Phi) is 6.09. The van der Waals surface area contributed by atoms with E-state index in [1.54, 1.807) is 0 Å². The molecule has 0 saturated carbocycles. The molecule has 2 saturated heterocycles. The third kappa shape index (κ3) is 4.40. The largest absolute Gasteiger partial charge is 0.381 e. The molecule has 1 aromatic heterocycles. The van der Waals surface area contributed by atoms with Crippen molar-refractivity contribution in [3.63, 3.8) is 0 Å². The Morgan fingerprint density at radius 3 is 2.64 bits per heavy atom. The lowest BCUT2D eigenvalue weighted by molar-refractivity contribution is -0.121. The van der Waals surface area contributed by atoms with Gasteiger partial charge in [-0.3, -0.25) is 14.4 Å². The molecule has 3 heterocycles. The van der Waals surface area contributed by atoms with Gasteiger partial charge in [0.25, 0.3) is 0 Å². The second-order valence-corrected chi connectivity index (χ2v) is 7.09. The van der Waals surface area contributed by atoms with Crippen molar-refractivity contribution in [3.05, 3.63) is 17.0 Å². The van der Waals surface area contributed by atoms with Crippen LogP contribution >= 0.6 is 0 Å². The van der Waals surface area contributed by atoms with E-state index in [0.29, 0.717) is 24.9 Å². The zero-order chi connectivity index (χ0) is 17.8. The summed E-state index contributed by atoms with van der Waals surface area (Å²) in [6.07, 6.45) is 1.46. The van der Waals surface area contributed by atoms with Gasteiger partial charge in [0.05, 0.1) is 31.9 Å². The highest BCUT2D eigenvalue weighted by atomic mass is 16.5. The van der Waals surface area contributed by atoms with Gasteiger partial charge < -0.3 is 14.8 Å². The first kappa shape index (κ1) is 18.4. The maximum absolute atomic E-state index is 12.5. The molecule has 3 rings (SSSR count). The van der Waals surface area contributed by atoms with Gasteiger partial charge in [-0.1, -0.05) is 0 Å². The number of carbonyl (C=O) groups is 1. The van der Waals surface area contributed by atoms with E-state index in [-0.39, 0.29) is 5.91 Å². The summed E-state index contributed by atoms with van der Waals surface area (Å²) in [5.41, 5.74) is 3.03. The van der Waals surface area contributed by atoms with Crippen LogP contribution < -0.4 is 5.32 Å². The molecule has 7 nitrogen and oxygen atoms in total. The zero-order valence-corrected chi connectivity index (χ0v) is 15.6. The number of amides is 1. The summed E-state index contributed by atoms with van der Waals surface area (Å²) in [5.74, 6) is 0.552. The Labute approximate surface area is 149 Å². The number of hydrogen-bond donors (Lipinski definition) is 1. The van der Waals surface area contributed by atoms with Crippen LogP contribution in [0.1, 0.15) is 23.4 Å². The van der Waals surface area contributed by atoms with Crippen LogP contribution in [0.25, 0.3) is 0 Å². The van der Waals surface area contributed by atoms with Crippen LogP contribution in [0.5, 0.6) is 0 Å². The van der Waals surface area contributed by atoms with Crippen molar-refractivity contribution in [1.82, 2.24) is 20.0 Å². The molecule has 1 N–H and O–H groups in total. The van der Waals surface area contributed by atoms with Crippen LogP contribution in [0.15, 0.2) is 0 Å². The summed E-state index contributed by atoms with van der Waals surface area (Å²) in [6, 6.07) is 0.325. The predicted molar refractivity (Wildman–Crippen MR) is 94.5 cm³/mol. The second-order valence-electron chi connectivity index (χ2n) is 7.09. The molecule has 0 aliphatic carbocycles. The summed E-state index contributed by atoms with van der Waals surface area (Å²) in [7, 11) is 1.91. The fourth-order valence-corrected chi connectivity index (χ4v) is 3.87. The molecule has 0 spiro atoms. The molecule has 2 aliphatic rings. The summed E-state index contributed by atoms with van der Waals surface area (Å²) in [4.78, 5) is 15.0. The average molecular weight is 350 g/mol. The zero-order valence-electron chi connectivity index (χ0n) is 15.6. The maximum atomic E-state index is 12.5. The molecule has 2 atom stereocenters. The van der Waals surface area contributed by atoms with Crippen LogP contribution in [-0.4, -0.2) is 72.7 Å². The van der Waals surface area contributed by atoms with Crippen molar-refractivity contribution in [1.29, 1.82) is 0 Å². The molecule has 0 unspecified atom stereocenters. The summed E-state index contributed by atoms with van der Waals surface area (Å²) >= 11 is 0. The molecule has 1 amide bonds. The Morgan fingerprint density at radius 1 is 1.28 bits per heavy atom. The van der Waals surface area contributed by atoms with Gasteiger partial charge in [-0.15, -0.1) is 0 Å². The number of nitrogens with one attached hydrogen (secondary N) is 1. The first-order valence-corrected chi connectivity index (χ1v) is 9.21. The van der Waals surface area contributed by atoms with Crippen molar-refractivity contribution in [3.8, 4) is 0 Å². The van der Waals surface area contributed by atoms with Crippen molar-refractivity contribution < 1.29 is 14.3 Å². The number of aromatic nitrogens is 2. The van der Waals surface area contributed by atoms with Gasteiger partial charge in [-0.05, 0) is 20.3 Å². The van der Waals surface area contributed by atoms with Gasteiger partial charge in [-0.25, -0.2) is 0 Å². The Bertz CT molecular complexity index is 589. The lowest BCUT2D eigenvalue weighted by Crippen LogP contribution is -2.52. The van der Waals surface area contributed by atoms with E-state index in [4.69, 9.17) is 9.47 Å². The summed E-state index contributed by atoms with van der Waals surface area (Å²) in [6.45, 7) is 9.66. The Balaban J connectivity index is 1.58. The smallest absolute Gasteiger partial charge is 0.224 e. The highest BCUT2D eigenvalue weighted by Gasteiger charge is 2.31. The molecule has 1 aromatic rings. The molecule has 0 aromatic carbocycles. The van der Waals surface area contributed by atoms with Crippen LogP contribution in [0, 0.1) is 19.8 Å². The molecular weight excluding hydrogens is 320 g/mol. The monoisotopic (exact) mass is 350 g/mol. The number of carbonyl (C=O) groups excluding carboxylic acids is 1. The fraction of sp³-hybridized carbons (Fsp3) is 0.778. The normalized spacial score (nSPS) is 22.9.